The van der Waals surface area contributed by atoms with Gasteiger partial charge in [-0.25, -0.2) is 4.79 Å². The van der Waals surface area contributed by atoms with Gasteiger partial charge in [0.15, 0.2) is 6.61 Å². The van der Waals surface area contributed by atoms with E-state index in [4.69, 9.17) is 32.9 Å². The maximum absolute atomic E-state index is 13.0. The van der Waals surface area contributed by atoms with Crippen LogP contribution < -0.4 is 5.32 Å². The van der Waals surface area contributed by atoms with Crippen molar-refractivity contribution in [3.05, 3.63) is 69.3 Å². The number of anilines is 1. The number of amides is 1. The van der Waals surface area contributed by atoms with Crippen molar-refractivity contribution in [1.29, 1.82) is 0 Å². The van der Waals surface area contributed by atoms with Crippen LogP contribution in [-0.2, 0) is 22.4 Å². The fourth-order valence-corrected chi connectivity index (χ4v) is 4.12. The van der Waals surface area contributed by atoms with E-state index in [1.54, 1.807) is 12.1 Å². The quantitative estimate of drug-likeness (QED) is 0.544. The van der Waals surface area contributed by atoms with E-state index >= 15 is 0 Å². The van der Waals surface area contributed by atoms with Gasteiger partial charge in [0, 0.05) is 16.1 Å². The van der Waals surface area contributed by atoms with Gasteiger partial charge < -0.3 is 10.1 Å². The number of esters is 1. The van der Waals surface area contributed by atoms with Crippen LogP contribution in [0.1, 0.15) is 35.0 Å². The number of ether oxygens (including phenoxy) is 1. The molecule has 1 heterocycles. The number of halogens is 2. The number of nitrogens with zero attached hydrogens (tertiary/aromatic N) is 1. The minimum atomic E-state index is -0.522. The summed E-state index contributed by atoms with van der Waals surface area (Å²) in [4.78, 5) is 30.1. The van der Waals surface area contributed by atoms with Gasteiger partial charge in [0.25, 0.3) is 5.91 Å². The highest BCUT2D eigenvalue weighted by atomic mass is 35.5. The van der Waals surface area contributed by atoms with E-state index in [1.165, 1.54) is 6.07 Å². The number of carbonyl (C=O) groups is 2. The molecule has 1 aliphatic carbocycles. The Morgan fingerprint density at radius 2 is 2.00 bits per heavy atom. The average molecular weight is 443 g/mol. The van der Waals surface area contributed by atoms with Gasteiger partial charge in [-0.05, 0) is 55.0 Å². The van der Waals surface area contributed by atoms with Crippen molar-refractivity contribution in [3.8, 4) is 0 Å². The standard InChI is InChI=1S/C23H20Cl2N2O3/c1-13-6-9-19-16(10-13)22(15-4-2-3-5-18(15)26-19)23(29)30-12-21(28)27-20-11-14(24)7-8-17(20)25/h2-5,7-8,11,13H,6,9-10,12H2,1H3,(H,27,28). The fraction of sp³-hybridized carbons (Fsp3) is 0.261. The van der Waals surface area contributed by atoms with Gasteiger partial charge in [0.05, 0.1) is 21.8 Å². The SMILES string of the molecule is CC1CCc2nc3ccccc3c(C(=O)OCC(=O)Nc3cc(Cl)ccc3Cl)c2C1. The van der Waals surface area contributed by atoms with Crippen molar-refractivity contribution in [2.75, 3.05) is 11.9 Å². The molecule has 0 saturated carbocycles. The first-order valence-electron chi connectivity index (χ1n) is 9.75. The Bertz CT molecular complexity index is 1150. The smallest absolute Gasteiger partial charge is 0.339 e. The van der Waals surface area contributed by atoms with E-state index in [1.807, 2.05) is 24.3 Å². The predicted octanol–water partition coefficient (Wildman–Crippen LogP) is 5.46. The number of nitrogens with one attached hydrogen (secondary N) is 1. The molecular formula is C23H20Cl2N2O3. The minimum absolute atomic E-state index is 0.349. The zero-order chi connectivity index (χ0) is 21.3. The lowest BCUT2D eigenvalue weighted by atomic mass is 9.84. The topological polar surface area (TPSA) is 68.3 Å². The number of hydrogen-bond donors (Lipinski definition) is 1. The number of aromatic nitrogens is 1. The number of para-hydroxylation sites is 1. The molecular weight excluding hydrogens is 423 g/mol. The molecule has 1 amide bonds. The summed E-state index contributed by atoms with van der Waals surface area (Å²) in [7, 11) is 0. The molecule has 0 radical (unpaired) electrons. The number of rotatable bonds is 4. The Labute approximate surface area is 184 Å². The molecule has 1 unspecified atom stereocenters. The lowest BCUT2D eigenvalue weighted by Gasteiger charge is -2.24. The zero-order valence-corrected chi connectivity index (χ0v) is 17.9. The van der Waals surface area contributed by atoms with Crippen LogP contribution in [0, 0.1) is 5.92 Å². The Morgan fingerprint density at radius 3 is 2.83 bits per heavy atom. The summed E-state index contributed by atoms with van der Waals surface area (Å²) in [5, 5.41) is 4.15. The van der Waals surface area contributed by atoms with Gasteiger partial charge >= 0.3 is 5.97 Å². The zero-order valence-electron chi connectivity index (χ0n) is 16.4. The maximum Gasteiger partial charge on any atom is 0.339 e. The van der Waals surface area contributed by atoms with Crippen LogP contribution in [0.4, 0.5) is 5.69 Å². The largest absolute Gasteiger partial charge is 0.452 e. The first kappa shape index (κ1) is 20.6. The number of aryl methyl sites for hydroxylation is 1. The van der Waals surface area contributed by atoms with Crippen LogP contribution in [0.5, 0.6) is 0 Å². The van der Waals surface area contributed by atoms with Gasteiger partial charge in [0.2, 0.25) is 0 Å². The molecule has 7 heteroatoms. The second-order valence-corrected chi connectivity index (χ2v) is 8.37. The third-order valence-electron chi connectivity index (χ3n) is 5.25. The van der Waals surface area contributed by atoms with Crippen LogP contribution in [0.25, 0.3) is 10.9 Å². The van der Waals surface area contributed by atoms with Crippen LogP contribution >= 0.6 is 23.2 Å². The van der Waals surface area contributed by atoms with Crippen molar-refractivity contribution in [2.45, 2.75) is 26.2 Å². The first-order chi connectivity index (χ1) is 14.4. The normalized spacial score (nSPS) is 15.5. The van der Waals surface area contributed by atoms with Gasteiger partial charge in [-0.2, -0.15) is 0 Å². The molecule has 30 heavy (non-hydrogen) atoms. The van der Waals surface area contributed by atoms with E-state index in [0.717, 1.165) is 41.4 Å². The number of pyridine rings is 1. The monoisotopic (exact) mass is 442 g/mol. The Kier molecular flexibility index (Phi) is 5.93. The predicted molar refractivity (Wildman–Crippen MR) is 118 cm³/mol. The third-order valence-corrected chi connectivity index (χ3v) is 5.81. The van der Waals surface area contributed by atoms with E-state index in [2.05, 4.69) is 12.2 Å². The van der Waals surface area contributed by atoms with Crippen molar-refractivity contribution in [2.24, 2.45) is 5.92 Å². The molecule has 1 aromatic heterocycles. The minimum Gasteiger partial charge on any atom is -0.452 e. The highest BCUT2D eigenvalue weighted by molar-refractivity contribution is 6.35. The summed E-state index contributed by atoms with van der Waals surface area (Å²) in [5.41, 5.74) is 3.50. The van der Waals surface area contributed by atoms with Crippen LogP contribution in [0.3, 0.4) is 0 Å². The lowest BCUT2D eigenvalue weighted by molar-refractivity contribution is -0.119. The number of fused-ring (bicyclic) bond motifs is 2. The number of hydrogen-bond acceptors (Lipinski definition) is 4. The fourth-order valence-electron chi connectivity index (χ4n) is 3.78. The molecule has 0 aliphatic heterocycles. The summed E-state index contributed by atoms with van der Waals surface area (Å²) >= 11 is 12.0. The summed E-state index contributed by atoms with van der Waals surface area (Å²) in [5.74, 6) is -0.556. The molecule has 0 fully saturated rings. The van der Waals surface area contributed by atoms with Gasteiger partial charge in [-0.3, -0.25) is 9.78 Å². The van der Waals surface area contributed by atoms with Gasteiger partial charge in [-0.1, -0.05) is 48.3 Å². The van der Waals surface area contributed by atoms with Crippen molar-refractivity contribution in [1.82, 2.24) is 4.98 Å². The Hall–Kier alpha value is -2.63. The molecule has 154 valence electrons. The lowest BCUT2D eigenvalue weighted by Crippen LogP contribution is -2.23. The highest BCUT2D eigenvalue weighted by Gasteiger charge is 2.26. The maximum atomic E-state index is 13.0. The summed E-state index contributed by atoms with van der Waals surface area (Å²) in [6.07, 6.45) is 2.63. The Balaban J connectivity index is 1.57. The third kappa shape index (κ3) is 4.27. The molecule has 0 saturated heterocycles. The van der Waals surface area contributed by atoms with Crippen LogP contribution in [0.2, 0.25) is 10.0 Å². The molecule has 4 rings (SSSR count). The molecule has 0 spiro atoms. The van der Waals surface area contributed by atoms with Gasteiger partial charge in [0.1, 0.15) is 0 Å². The van der Waals surface area contributed by atoms with Crippen LogP contribution in [-0.4, -0.2) is 23.5 Å². The van der Waals surface area contributed by atoms with Crippen molar-refractivity contribution >= 4 is 51.7 Å². The van der Waals surface area contributed by atoms with E-state index in [9.17, 15) is 9.59 Å². The van der Waals surface area contributed by atoms with E-state index in [-0.39, 0.29) is 0 Å². The average Bonchev–Trinajstić information content (AvgIpc) is 2.73. The number of benzene rings is 2. The molecule has 5 nitrogen and oxygen atoms in total. The Morgan fingerprint density at radius 1 is 1.20 bits per heavy atom. The van der Waals surface area contributed by atoms with Crippen LogP contribution in [0.15, 0.2) is 42.5 Å². The van der Waals surface area contributed by atoms with Crippen molar-refractivity contribution < 1.29 is 14.3 Å². The molecule has 2 aromatic carbocycles. The summed E-state index contributed by atoms with van der Waals surface area (Å²) in [6, 6.07) is 12.3. The van der Waals surface area contributed by atoms with E-state index in [0.29, 0.717) is 27.2 Å². The second kappa shape index (κ2) is 8.62. The first-order valence-corrected chi connectivity index (χ1v) is 10.5. The van der Waals surface area contributed by atoms with E-state index < -0.39 is 18.5 Å². The molecule has 1 atom stereocenters. The molecule has 1 aliphatic rings. The molecule has 0 bridgehead atoms. The molecule has 3 aromatic rings. The molecule has 1 N–H and O–H groups in total. The summed E-state index contributed by atoms with van der Waals surface area (Å²) in [6.45, 7) is 1.73. The van der Waals surface area contributed by atoms with Gasteiger partial charge in [-0.15, -0.1) is 0 Å². The number of carbonyl (C=O) groups excluding carboxylic acids is 2. The highest BCUT2D eigenvalue weighted by Crippen LogP contribution is 2.32. The summed E-state index contributed by atoms with van der Waals surface area (Å²) < 4.78 is 5.39. The van der Waals surface area contributed by atoms with Crippen molar-refractivity contribution in [3.63, 3.8) is 0 Å². The second-order valence-electron chi connectivity index (χ2n) is 7.53.